The summed E-state index contributed by atoms with van der Waals surface area (Å²) in [5.74, 6) is 2.94. The minimum Gasteiger partial charge on any atom is -0.493 e. The third-order valence-electron chi connectivity index (χ3n) is 12.5. The van der Waals surface area contributed by atoms with Crippen molar-refractivity contribution in [2.45, 2.75) is 74.7 Å². The van der Waals surface area contributed by atoms with E-state index in [9.17, 15) is 0 Å². The zero-order valence-electron chi connectivity index (χ0n) is 27.7. The van der Waals surface area contributed by atoms with Gasteiger partial charge in [-0.3, -0.25) is 4.90 Å². The topological polar surface area (TPSA) is 67.9 Å². The molecule has 7 aliphatic rings. The van der Waals surface area contributed by atoms with E-state index in [0.29, 0.717) is 58.9 Å². The number of piperidine rings is 1. The summed E-state index contributed by atoms with van der Waals surface area (Å²) in [6, 6.07) is 15.5. The van der Waals surface area contributed by atoms with Gasteiger partial charge in [-0.05, 0) is 74.6 Å². The van der Waals surface area contributed by atoms with Gasteiger partial charge in [-0.1, -0.05) is 36.4 Å². The van der Waals surface area contributed by atoms with Crippen molar-refractivity contribution in [3.05, 3.63) is 59.2 Å². The van der Waals surface area contributed by atoms with Crippen LogP contribution >= 0.6 is 0 Å². The number of fused-ring (bicyclic) bond motifs is 2. The normalized spacial score (nSPS) is 33.6. The van der Waals surface area contributed by atoms with Gasteiger partial charge in [-0.2, -0.15) is 0 Å². The molecule has 4 saturated carbocycles. The molecule has 2 spiro atoms. The summed E-state index contributed by atoms with van der Waals surface area (Å²) in [4.78, 5) is 2.90. The lowest BCUT2D eigenvalue weighted by Gasteiger charge is -2.74. The maximum absolute atomic E-state index is 7.29. The third kappa shape index (κ3) is 4.93. The van der Waals surface area contributed by atoms with E-state index in [1.807, 2.05) is 0 Å². The highest BCUT2D eigenvalue weighted by Gasteiger charge is 2.80. The summed E-state index contributed by atoms with van der Waals surface area (Å²) in [5.41, 5.74) is 3.72. The number of hydrogen-bond acceptors (Lipinski definition) is 8. The Hall–Kier alpha value is -2.20. The lowest BCUT2D eigenvalue weighted by molar-refractivity contribution is -0.292. The minimum absolute atomic E-state index is 0.0684. The predicted octanol–water partition coefficient (Wildman–Crippen LogP) is 5.19. The highest BCUT2D eigenvalue weighted by atomic mass is 16.6. The molecule has 0 aromatic heterocycles. The zero-order valence-corrected chi connectivity index (χ0v) is 27.7. The van der Waals surface area contributed by atoms with E-state index in [2.05, 4.69) is 47.4 Å². The van der Waals surface area contributed by atoms with Gasteiger partial charge in [0, 0.05) is 42.0 Å². The summed E-state index contributed by atoms with van der Waals surface area (Å²) >= 11 is 0. The summed E-state index contributed by atoms with van der Waals surface area (Å²) in [6.07, 6.45) is 8.18. The molecule has 5 aliphatic carbocycles. The van der Waals surface area contributed by atoms with Crippen LogP contribution in [0.25, 0.3) is 0 Å². The van der Waals surface area contributed by atoms with Gasteiger partial charge >= 0.3 is 0 Å². The fourth-order valence-electron chi connectivity index (χ4n) is 10.4. The molecule has 2 unspecified atom stereocenters. The molecule has 0 N–H and O–H groups in total. The van der Waals surface area contributed by atoms with Crippen molar-refractivity contribution in [1.82, 2.24) is 4.90 Å². The molecule has 0 radical (unpaired) electrons. The predicted molar refractivity (Wildman–Crippen MR) is 174 cm³/mol. The highest BCUT2D eigenvalue weighted by molar-refractivity contribution is 5.63. The molecule has 46 heavy (non-hydrogen) atoms. The van der Waals surface area contributed by atoms with Crippen molar-refractivity contribution in [3.63, 3.8) is 0 Å². The van der Waals surface area contributed by atoms with Crippen LogP contribution in [0.15, 0.2) is 42.5 Å². The van der Waals surface area contributed by atoms with Crippen molar-refractivity contribution in [1.29, 1.82) is 0 Å². The van der Waals surface area contributed by atoms with Crippen LogP contribution in [0.1, 0.15) is 55.2 Å². The number of methoxy groups -OCH3 is 2. The van der Waals surface area contributed by atoms with Crippen LogP contribution < -0.4 is 9.47 Å². The average Bonchev–Trinajstić information content (AvgIpc) is 3.83. The number of ether oxygens (including phenoxy) is 7. The van der Waals surface area contributed by atoms with Gasteiger partial charge in [0.15, 0.2) is 11.5 Å². The maximum atomic E-state index is 7.29. The smallest absolute Gasteiger partial charge is 0.165 e. The molecule has 2 aliphatic heterocycles. The van der Waals surface area contributed by atoms with E-state index in [-0.39, 0.29) is 22.9 Å². The molecule has 5 fully saturated rings. The molecule has 1 saturated heterocycles. The van der Waals surface area contributed by atoms with Crippen molar-refractivity contribution >= 4 is 0 Å². The van der Waals surface area contributed by atoms with E-state index in [0.717, 1.165) is 56.1 Å². The van der Waals surface area contributed by atoms with E-state index in [1.54, 1.807) is 14.2 Å². The van der Waals surface area contributed by atoms with Gasteiger partial charge in [0.05, 0.1) is 60.0 Å². The molecule has 250 valence electrons. The Morgan fingerprint density at radius 1 is 0.870 bits per heavy atom. The molecule has 9 rings (SSSR count). The Kier molecular flexibility index (Phi) is 8.57. The van der Waals surface area contributed by atoms with Gasteiger partial charge in [0.25, 0.3) is 0 Å². The van der Waals surface area contributed by atoms with Gasteiger partial charge in [-0.25, -0.2) is 0 Å². The second-order valence-corrected chi connectivity index (χ2v) is 14.6. The Morgan fingerprint density at radius 2 is 1.67 bits per heavy atom. The molecule has 6 atom stereocenters. The van der Waals surface area contributed by atoms with Crippen LogP contribution in [0, 0.1) is 17.3 Å². The van der Waals surface area contributed by atoms with E-state index < -0.39 is 5.60 Å². The zero-order chi connectivity index (χ0) is 31.2. The molecule has 2 aromatic carbocycles. The first-order chi connectivity index (χ1) is 22.6. The number of rotatable bonds is 17. The van der Waals surface area contributed by atoms with E-state index in [4.69, 9.17) is 33.2 Å². The quantitative estimate of drug-likeness (QED) is 0.221. The second kappa shape index (κ2) is 12.7. The number of benzene rings is 2. The van der Waals surface area contributed by atoms with Gasteiger partial charge < -0.3 is 33.2 Å². The molecule has 4 bridgehead atoms. The molecule has 8 nitrogen and oxygen atoms in total. The number of likely N-dealkylation sites (tertiary alicyclic amines) is 1. The van der Waals surface area contributed by atoms with Crippen molar-refractivity contribution in [2.75, 3.05) is 73.6 Å². The summed E-state index contributed by atoms with van der Waals surface area (Å²) < 4.78 is 43.7. The van der Waals surface area contributed by atoms with Crippen LogP contribution in [0.4, 0.5) is 0 Å². The fourth-order valence-corrected chi connectivity index (χ4v) is 10.4. The van der Waals surface area contributed by atoms with E-state index >= 15 is 0 Å². The Bertz CT molecular complexity index is 1370. The summed E-state index contributed by atoms with van der Waals surface area (Å²) in [5, 5.41) is 0. The van der Waals surface area contributed by atoms with Crippen LogP contribution in [-0.4, -0.2) is 96.2 Å². The largest absolute Gasteiger partial charge is 0.493 e. The summed E-state index contributed by atoms with van der Waals surface area (Å²) in [6.45, 7) is 6.97. The first-order valence-corrected chi connectivity index (χ1v) is 17.7. The molecular weight excluding hydrogens is 582 g/mol. The van der Waals surface area contributed by atoms with Crippen molar-refractivity contribution in [2.24, 2.45) is 17.3 Å². The molecule has 2 aromatic rings. The lowest BCUT2D eigenvalue weighted by atomic mass is 9.35. The lowest BCUT2D eigenvalue weighted by Crippen LogP contribution is -2.81. The van der Waals surface area contributed by atoms with Crippen molar-refractivity contribution < 1.29 is 33.2 Å². The van der Waals surface area contributed by atoms with Gasteiger partial charge in [0.2, 0.25) is 0 Å². The summed E-state index contributed by atoms with van der Waals surface area (Å²) in [7, 11) is 3.46. The standard InChI is InChI=1S/C38H51NO7/c1-40-16-17-42-18-19-43-20-21-45-38-13-12-36(23-30(38)26-44-25-28-6-4-3-5-7-28)32-22-29-10-11-31(41-2)34-33(29)37(36,35(38)46-34)14-15-39(32)24-27-8-9-27/h3-7,10-11,27,30,32,35H,8-9,12-26H2,1-2H3/t30-,32?,35-,36-,37?,38-/m1/s1. The maximum Gasteiger partial charge on any atom is 0.165 e. The molecule has 8 heteroatoms. The monoisotopic (exact) mass is 633 g/mol. The Labute approximate surface area is 273 Å². The van der Waals surface area contributed by atoms with Crippen LogP contribution in [0.5, 0.6) is 11.5 Å². The first-order valence-electron chi connectivity index (χ1n) is 17.7. The second-order valence-electron chi connectivity index (χ2n) is 14.6. The number of hydrogen-bond donors (Lipinski definition) is 0. The fraction of sp³-hybridized carbons (Fsp3) is 0.684. The van der Waals surface area contributed by atoms with Crippen LogP contribution in [0.3, 0.4) is 0 Å². The third-order valence-corrected chi connectivity index (χ3v) is 12.5. The minimum atomic E-state index is -0.460. The SMILES string of the molecule is COCCOCCOCCO[C@]12CC[C@@]3(C[C@@H]1COCc1ccccc1)C1Cc4ccc(OC)c5c4C3(CCN1CC1CC1)[C@H]2O5. The molecule has 2 heterocycles. The average molecular weight is 634 g/mol. The molecular formula is C38H51NO7. The van der Waals surface area contributed by atoms with Crippen molar-refractivity contribution in [3.8, 4) is 11.5 Å². The van der Waals surface area contributed by atoms with E-state index in [1.165, 1.54) is 36.1 Å². The Morgan fingerprint density at radius 3 is 2.46 bits per heavy atom. The van der Waals surface area contributed by atoms with Gasteiger partial charge in [-0.15, -0.1) is 0 Å². The number of nitrogens with zero attached hydrogens (tertiary/aromatic N) is 1. The van der Waals surface area contributed by atoms with Crippen LogP contribution in [0.2, 0.25) is 0 Å². The van der Waals surface area contributed by atoms with Gasteiger partial charge in [0.1, 0.15) is 11.7 Å². The first kappa shape index (κ1) is 31.1. The molecule has 0 amide bonds. The highest BCUT2D eigenvalue weighted by Crippen LogP contribution is 2.76. The van der Waals surface area contributed by atoms with Crippen LogP contribution in [-0.2, 0) is 42.1 Å². The Balaban J connectivity index is 1.10.